The van der Waals surface area contributed by atoms with Crippen LogP contribution in [0.25, 0.3) is 10.9 Å². The van der Waals surface area contributed by atoms with Gasteiger partial charge in [-0.15, -0.1) is 0 Å². The number of fused-ring (bicyclic) bond motifs is 1. The van der Waals surface area contributed by atoms with Crippen LogP contribution in [0.2, 0.25) is 0 Å². The molecule has 2 N–H and O–H groups in total. The molecule has 0 aliphatic heterocycles. The molecule has 1 aromatic carbocycles. The average Bonchev–Trinajstić information content (AvgIpc) is 2.27. The van der Waals surface area contributed by atoms with E-state index in [-0.39, 0.29) is 11.1 Å². The maximum Gasteiger partial charge on any atom is 0.337 e. The maximum atomic E-state index is 10.7. The second-order valence-corrected chi connectivity index (χ2v) is 3.24. The van der Waals surface area contributed by atoms with E-state index in [0.717, 1.165) is 0 Å². The lowest BCUT2D eigenvalue weighted by Crippen LogP contribution is -1.99. The van der Waals surface area contributed by atoms with Crippen LogP contribution in [-0.2, 0) is 0 Å². The van der Waals surface area contributed by atoms with Gasteiger partial charge < -0.3 is 10.2 Å². The average molecular weight is 217 g/mol. The number of nitrogens with zero attached hydrogens (tertiary/aromatic N) is 1. The van der Waals surface area contributed by atoms with Crippen LogP contribution in [0.4, 0.5) is 0 Å². The van der Waals surface area contributed by atoms with Crippen molar-refractivity contribution in [3.63, 3.8) is 0 Å². The lowest BCUT2D eigenvalue weighted by Gasteiger charge is -2.00. The summed E-state index contributed by atoms with van der Waals surface area (Å²) in [7, 11) is 0. The van der Waals surface area contributed by atoms with Gasteiger partial charge >= 0.3 is 11.9 Å². The molecule has 0 unspecified atom stereocenters. The Labute approximate surface area is 90.0 Å². The van der Waals surface area contributed by atoms with Gasteiger partial charge in [-0.2, -0.15) is 0 Å². The molecule has 0 aliphatic rings. The van der Waals surface area contributed by atoms with Crippen molar-refractivity contribution in [2.45, 2.75) is 0 Å². The molecular weight excluding hydrogens is 210 g/mol. The molecule has 0 atom stereocenters. The quantitative estimate of drug-likeness (QED) is 0.798. The summed E-state index contributed by atoms with van der Waals surface area (Å²) in [5.41, 5.74) is 0.670. The zero-order chi connectivity index (χ0) is 11.7. The van der Waals surface area contributed by atoms with Crippen molar-refractivity contribution in [2.24, 2.45) is 0 Å². The van der Waals surface area contributed by atoms with E-state index in [1.54, 1.807) is 0 Å². The molecule has 16 heavy (non-hydrogen) atoms. The van der Waals surface area contributed by atoms with Gasteiger partial charge in [-0.1, -0.05) is 6.07 Å². The Bertz CT molecular complexity index is 538. The highest BCUT2D eigenvalue weighted by Gasteiger charge is 2.07. The molecule has 2 aromatic rings. The van der Waals surface area contributed by atoms with Gasteiger partial charge in [0.1, 0.15) is 0 Å². The predicted octanol–water partition coefficient (Wildman–Crippen LogP) is 1.63. The molecule has 80 valence electrons. The molecule has 2 rings (SSSR count). The number of carboxylic acids is 2. The number of hydrogen-bond donors (Lipinski definition) is 2. The van der Waals surface area contributed by atoms with Gasteiger partial charge in [-0.25, -0.2) is 9.59 Å². The Kier molecular flexibility index (Phi) is 2.28. The topological polar surface area (TPSA) is 87.5 Å². The first-order valence-electron chi connectivity index (χ1n) is 4.44. The van der Waals surface area contributed by atoms with E-state index in [9.17, 15) is 9.59 Å². The van der Waals surface area contributed by atoms with Gasteiger partial charge in [0.05, 0.1) is 16.6 Å². The molecular formula is C11H7NO4. The number of aromatic nitrogens is 1. The monoisotopic (exact) mass is 217 g/mol. The molecule has 5 nitrogen and oxygen atoms in total. The van der Waals surface area contributed by atoms with Crippen LogP contribution in [0.15, 0.2) is 30.5 Å². The second-order valence-electron chi connectivity index (χ2n) is 3.24. The molecule has 0 bridgehead atoms. The Morgan fingerprint density at radius 1 is 1.00 bits per heavy atom. The molecule has 1 aromatic heterocycles. The summed E-state index contributed by atoms with van der Waals surface area (Å²) in [5, 5.41) is 18.1. The van der Waals surface area contributed by atoms with Crippen LogP contribution in [0.3, 0.4) is 0 Å². The van der Waals surface area contributed by atoms with Crippen LogP contribution in [0, 0.1) is 0 Å². The van der Waals surface area contributed by atoms with E-state index in [0.29, 0.717) is 10.9 Å². The number of benzene rings is 1. The van der Waals surface area contributed by atoms with E-state index in [2.05, 4.69) is 4.98 Å². The van der Waals surface area contributed by atoms with E-state index in [4.69, 9.17) is 10.2 Å². The molecule has 0 saturated heterocycles. The molecule has 5 heteroatoms. The highest BCUT2D eigenvalue weighted by Crippen LogP contribution is 2.15. The Balaban J connectivity index is 2.61. The fourth-order valence-corrected chi connectivity index (χ4v) is 1.37. The van der Waals surface area contributed by atoms with Gasteiger partial charge in [0.25, 0.3) is 0 Å². The first-order valence-corrected chi connectivity index (χ1v) is 4.44. The largest absolute Gasteiger partial charge is 0.478 e. The van der Waals surface area contributed by atoms with Gasteiger partial charge in [0.2, 0.25) is 0 Å². The smallest absolute Gasteiger partial charge is 0.337 e. The molecule has 0 saturated carbocycles. The number of rotatable bonds is 2. The van der Waals surface area contributed by atoms with Crippen LogP contribution in [-0.4, -0.2) is 27.1 Å². The summed E-state index contributed by atoms with van der Waals surface area (Å²) < 4.78 is 0. The van der Waals surface area contributed by atoms with Crippen molar-refractivity contribution in [2.75, 3.05) is 0 Å². The third kappa shape index (κ3) is 1.70. The third-order valence-electron chi connectivity index (χ3n) is 2.18. The molecule has 0 amide bonds. The first-order chi connectivity index (χ1) is 7.58. The summed E-state index contributed by atoms with van der Waals surface area (Å²) in [6.45, 7) is 0. The Morgan fingerprint density at radius 3 is 2.31 bits per heavy atom. The lowest BCUT2D eigenvalue weighted by atomic mass is 10.1. The number of aromatic carboxylic acids is 2. The van der Waals surface area contributed by atoms with Crippen molar-refractivity contribution in [1.82, 2.24) is 4.98 Å². The molecule has 0 radical (unpaired) electrons. The second kappa shape index (κ2) is 3.62. The fraction of sp³-hybridized carbons (Fsp3) is 0. The van der Waals surface area contributed by atoms with Crippen molar-refractivity contribution in [1.29, 1.82) is 0 Å². The molecule has 1 heterocycles. The van der Waals surface area contributed by atoms with Gasteiger partial charge in [0.15, 0.2) is 0 Å². The van der Waals surface area contributed by atoms with Crippen LogP contribution in [0.5, 0.6) is 0 Å². The third-order valence-corrected chi connectivity index (χ3v) is 2.18. The van der Waals surface area contributed by atoms with Gasteiger partial charge in [-0.05, 0) is 18.2 Å². The summed E-state index contributed by atoms with van der Waals surface area (Å²) in [6.07, 6.45) is 1.20. The molecule has 0 fully saturated rings. The van der Waals surface area contributed by atoms with Crippen LogP contribution >= 0.6 is 0 Å². The number of hydrogen-bond acceptors (Lipinski definition) is 3. The van der Waals surface area contributed by atoms with Crippen LogP contribution < -0.4 is 0 Å². The molecule has 0 spiro atoms. The minimum atomic E-state index is -1.06. The number of carbonyl (C=O) groups is 2. The lowest BCUT2D eigenvalue weighted by molar-refractivity contribution is 0.0685. The van der Waals surface area contributed by atoms with Gasteiger partial charge in [0, 0.05) is 11.6 Å². The van der Waals surface area contributed by atoms with E-state index in [1.807, 2.05) is 0 Å². The highest BCUT2D eigenvalue weighted by molar-refractivity contribution is 5.96. The van der Waals surface area contributed by atoms with Crippen LogP contribution in [0.1, 0.15) is 20.7 Å². The predicted molar refractivity (Wildman–Crippen MR) is 55.7 cm³/mol. The van der Waals surface area contributed by atoms with Crippen molar-refractivity contribution in [3.8, 4) is 0 Å². The maximum absolute atomic E-state index is 10.7. The van der Waals surface area contributed by atoms with Crippen molar-refractivity contribution in [3.05, 3.63) is 41.6 Å². The Morgan fingerprint density at radius 2 is 1.69 bits per heavy atom. The van der Waals surface area contributed by atoms with Crippen molar-refractivity contribution >= 4 is 22.8 Å². The molecule has 0 aliphatic carbocycles. The summed E-state index contributed by atoms with van der Waals surface area (Å²) in [6, 6.07) is 5.82. The minimum absolute atomic E-state index is 0.0792. The SMILES string of the molecule is O=C(O)c1cnc2cc(C(=O)O)ccc2c1. The van der Waals surface area contributed by atoms with E-state index >= 15 is 0 Å². The summed E-state index contributed by atoms with van der Waals surface area (Å²) in [4.78, 5) is 25.3. The highest BCUT2D eigenvalue weighted by atomic mass is 16.4. The van der Waals surface area contributed by atoms with E-state index < -0.39 is 11.9 Å². The van der Waals surface area contributed by atoms with E-state index in [1.165, 1.54) is 30.5 Å². The normalized spacial score (nSPS) is 10.2. The number of pyridine rings is 1. The van der Waals surface area contributed by atoms with Crippen molar-refractivity contribution < 1.29 is 19.8 Å². The minimum Gasteiger partial charge on any atom is -0.478 e. The van der Waals surface area contributed by atoms with Gasteiger partial charge in [-0.3, -0.25) is 4.98 Å². The zero-order valence-corrected chi connectivity index (χ0v) is 8.04. The Hall–Kier alpha value is -2.43. The standard InChI is InChI=1S/C11H7NO4/c13-10(14)7-2-1-6-3-8(11(15)16)5-12-9(6)4-7/h1-5H,(H,13,14)(H,15,16). The zero-order valence-electron chi connectivity index (χ0n) is 8.04. The summed E-state index contributed by atoms with van der Waals surface area (Å²) in [5.74, 6) is -2.09. The fourth-order valence-electron chi connectivity index (χ4n) is 1.37. The number of carboxylic acid groups (broad SMARTS) is 2. The first kappa shape index (κ1) is 10.1. The summed E-state index contributed by atoms with van der Waals surface area (Å²) >= 11 is 0.